The first-order valence-electron chi connectivity index (χ1n) is 5.25. The SMILES string of the molecule is O=c1ccc2ccc3ccc(CCl)nc3c2[nH]1. The van der Waals surface area contributed by atoms with E-state index in [-0.39, 0.29) is 5.56 Å². The zero-order valence-corrected chi connectivity index (χ0v) is 9.66. The zero-order chi connectivity index (χ0) is 11.8. The Morgan fingerprint density at radius 1 is 1.06 bits per heavy atom. The van der Waals surface area contributed by atoms with Crippen LogP contribution in [0, 0.1) is 0 Å². The van der Waals surface area contributed by atoms with Gasteiger partial charge in [-0.2, -0.15) is 0 Å². The highest BCUT2D eigenvalue weighted by atomic mass is 35.5. The number of nitrogens with one attached hydrogen (secondary N) is 1. The monoisotopic (exact) mass is 244 g/mol. The summed E-state index contributed by atoms with van der Waals surface area (Å²) in [5.74, 6) is 0.364. The number of halogens is 1. The molecule has 4 heteroatoms. The summed E-state index contributed by atoms with van der Waals surface area (Å²) in [6.45, 7) is 0. The molecule has 0 aliphatic rings. The number of hydrogen-bond acceptors (Lipinski definition) is 2. The van der Waals surface area contributed by atoms with Gasteiger partial charge in [0.1, 0.15) is 0 Å². The molecule has 0 amide bonds. The van der Waals surface area contributed by atoms with Crippen LogP contribution in [0.3, 0.4) is 0 Å². The molecule has 0 spiro atoms. The third-order valence-electron chi connectivity index (χ3n) is 2.75. The molecule has 0 unspecified atom stereocenters. The van der Waals surface area contributed by atoms with Crippen molar-refractivity contribution in [1.29, 1.82) is 0 Å². The van der Waals surface area contributed by atoms with Crippen molar-refractivity contribution in [3.8, 4) is 0 Å². The fourth-order valence-corrected chi connectivity index (χ4v) is 2.07. The minimum absolute atomic E-state index is 0.122. The lowest BCUT2D eigenvalue weighted by atomic mass is 10.1. The van der Waals surface area contributed by atoms with Gasteiger partial charge in [-0.25, -0.2) is 4.98 Å². The molecule has 0 saturated carbocycles. The van der Waals surface area contributed by atoms with Crippen LogP contribution >= 0.6 is 11.6 Å². The standard InChI is InChI=1S/C13H9ClN2O/c14-7-10-5-3-8-1-2-9-4-6-11(17)16-13(9)12(8)15-10/h1-6H,7H2,(H,16,17). The second-order valence-electron chi connectivity index (χ2n) is 3.86. The number of aromatic nitrogens is 2. The Hall–Kier alpha value is -1.87. The summed E-state index contributed by atoms with van der Waals surface area (Å²) < 4.78 is 0. The smallest absolute Gasteiger partial charge is 0.248 e. The fourth-order valence-electron chi connectivity index (χ4n) is 1.92. The largest absolute Gasteiger partial charge is 0.320 e. The second-order valence-corrected chi connectivity index (χ2v) is 4.13. The molecule has 0 saturated heterocycles. The predicted molar refractivity (Wildman–Crippen MR) is 69.4 cm³/mol. The van der Waals surface area contributed by atoms with E-state index in [9.17, 15) is 4.79 Å². The molecular weight excluding hydrogens is 236 g/mol. The van der Waals surface area contributed by atoms with Crippen LogP contribution in [0.15, 0.2) is 41.2 Å². The molecule has 0 aliphatic carbocycles. The van der Waals surface area contributed by atoms with Crippen LogP contribution in [0.25, 0.3) is 21.8 Å². The normalized spacial score (nSPS) is 11.1. The van der Waals surface area contributed by atoms with Gasteiger partial charge in [0.15, 0.2) is 0 Å². The number of benzene rings is 1. The van der Waals surface area contributed by atoms with E-state index in [1.807, 2.05) is 24.3 Å². The van der Waals surface area contributed by atoms with Crippen LogP contribution in [0.5, 0.6) is 0 Å². The molecule has 3 nitrogen and oxygen atoms in total. The summed E-state index contributed by atoms with van der Waals surface area (Å²) >= 11 is 5.78. The minimum Gasteiger partial charge on any atom is -0.320 e. The first-order chi connectivity index (χ1) is 8.28. The minimum atomic E-state index is -0.122. The summed E-state index contributed by atoms with van der Waals surface area (Å²) in [7, 11) is 0. The molecule has 0 atom stereocenters. The highest BCUT2D eigenvalue weighted by molar-refractivity contribution is 6.17. The van der Waals surface area contributed by atoms with Crippen molar-refractivity contribution in [3.63, 3.8) is 0 Å². The molecule has 1 N–H and O–H groups in total. The van der Waals surface area contributed by atoms with E-state index in [0.29, 0.717) is 5.88 Å². The van der Waals surface area contributed by atoms with Crippen molar-refractivity contribution in [3.05, 3.63) is 52.4 Å². The van der Waals surface area contributed by atoms with Gasteiger partial charge in [-0.1, -0.05) is 18.2 Å². The van der Waals surface area contributed by atoms with Gasteiger partial charge in [0.05, 0.1) is 22.6 Å². The highest BCUT2D eigenvalue weighted by Gasteiger charge is 2.03. The molecule has 2 aromatic heterocycles. The van der Waals surface area contributed by atoms with Crippen molar-refractivity contribution in [1.82, 2.24) is 9.97 Å². The number of fused-ring (bicyclic) bond motifs is 3. The lowest BCUT2D eigenvalue weighted by Gasteiger charge is -2.04. The average molecular weight is 245 g/mol. The van der Waals surface area contributed by atoms with Crippen LogP contribution in [0.1, 0.15) is 5.69 Å². The number of aromatic amines is 1. The quantitative estimate of drug-likeness (QED) is 0.529. The number of H-pyrrole nitrogens is 1. The molecule has 2 heterocycles. The maximum absolute atomic E-state index is 11.4. The molecule has 17 heavy (non-hydrogen) atoms. The third kappa shape index (κ3) is 1.68. The molecule has 0 radical (unpaired) electrons. The maximum atomic E-state index is 11.4. The maximum Gasteiger partial charge on any atom is 0.248 e. The van der Waals surface area contributed by atoms with E-state index in [2.05, 4.69) is 9.97 Å². The van der Waals surface area contributed by atoms with Crippen LogP contribution in [0.4, 0.5) is 0 Å². The summed E-state index contributed by atoms with van der Waals surface area (Å²) in [5, 5.41) is 1.96. The van der Waals surface area contributed by atoms with Crippen LogP contribution in [0.2, 0.25) is 0 Å². The van der Waals surface area contributed by atoms with Gasteiger partial charge in [0, 0.05) is 16.8 Å². The summed E-state index contributed by atoms with van der Waals surface area (Å²) in [5.41, 5.74) is 2.24. The Morgan fingerprint density at radius 2 is 1.76 bits per heavy atom. The van der Waals surface area contributed by atoms with Gasteiger partial charge in [0.2, 0.25) is 5.56 Å². The number of nitrogens with zero attached hydrogens (tertiary/aromatic N) is 1. The van der Waals surface area contributed by atoms with Crippen molar-refractivity contribution in [2.45, 2.75) is 5.88 Å². The van der Waals surface area contributed by atoms with Crippen molar-refractivity contribution < 1.29 is 0 Å². The fraction of sp³-hybridized carbons (Fsp3) is 0.0769. The lowest BCUT2D eigenvalue weighted by Crippen LogP contribution is -2.03. The summed E-state index contributed by atoms with van der Waals surface area (Å²) in [4.78, 5) is 18.7. The molecule has 0 fully saturated rings. The molecule has 3 rings (SSSR count). The van der Waals surface area contributed by atoms with Crippen LogP contribution < -0.4 is 5.56 Å². The van der Waals surface area contributed by atoms with E-state index in [1.54, 1.807) is 6.07 Å². The molecule has 0 aliphatic heterocycles. The van der Waals surface area contributed by atoms with Gasteiger partial charge >= 0.3 is 0 Å². The Labute approximate surface area is 102 Å². The van der Waals surface area contributed by atoms with E-state index in [1.165, 1.54) is 6.07 Å². The van der Waals surface area contributed by atoms with E-state index >= 15 is 0 Å². The Bertz CT molecular complexity index is 764. The number of rotatable bonds is 1. The summed E-state index contributed by atoms with van der Waals surface area (Å²) in [6, 6.07) is 11.1. The third-order valence-corrected chi connectivity index (χ3v) is 3.03. The lowest BCUT2D eigenvalue weighted by molar-refractivity contribution is 1.21. The topological polar surface area (TPSA) is 45.8 Å². The van der Waals surface area contributed by atoms with E-state index in [0.717, 1.165) is 27.5 Å². The van der Waals surface area contributed by atoms with E-state index < -0.39 is 0 Å². The van der Waals surface area contributed by atoms with E-state index in [4.69, 9.17) is 11.6 Å². The first kappa shape index (κ1) is 10.3. The molecule has 84 valence electrons. The van der Waals surface area contributed by atoms with Crippen LogP contribution in [-0.2, 0) is 5.88 Å². The number of hydrogen-bond donors (Lipinski definition) is 1. The van der Waals surface area contributed by atoms with Gasteiger partial charge in [-0.15, -0.1) is 11.6 Å². The molecule has 1 aromatic carbocycles. The molecule has 0 bridgehead atoms. The Kier molecular flexibility index (Phi) is 2.34. The van der Waals surface area contributed by atoms with Crippen molar-refractivity contribution >= 4 is 33.4 Å². The highest BCUT2D eigenvalue weighted by Crippen LogP contribution is 2.21. The predicted octanol–water partition coefficient (Wildman–Crippen LogP) is 2.82. The Morgan fingerprint density at radius 3 is 2.59 bits per heavy atom. The summed E-state index contributed by atoms with van der Waals surface area (Å²) in [6.07, 6.45) is 0. The average Bonchev–Trinajstić information content (AvgIpc) is 2.38. The van der Waals surface area contributed by atoms with Crippen LogP contribution in [-0.4, -0.2) is 9.97 Å². The van der Waals surface area contributed by atoms with Gasteiger partial charge in [-0.3, -0.25) is 4.79 Å². The molecule has 3 aromatic rings. The molecular formula is C13H9ClN2O. The number of pyridine rings is 2. The van der Waals surface area contributed by atoms with Gasteiger partial charge in [-0.05, 0) is 12.1 Å². The second kappa shape index (κ2) is 3.86. The number of alkyl halides is 1. The first-order valence-corrected chi connectivity index (χ1v) is 5.79. The van der Waals surface area contributed by atoms with Gasteiger partial charge in [0.25, 0.3) is 0 Å². The Balaban J connectivity index is 2.51. The van der Waals surface area contributed by atoms with Crippen molar-refractivity contribution in [2.24, 2.45) is 0 Å². The zero-order valence-electron chi connectivity index (χ0n) is 8.90. The van der Waals surface area contributed by atoms with Gasteiger partial charge < -0.3 is 4.98 Å². The van der Waals surface area contributed by atoms with Crippen molar-refractivity contribution in [2.75, 3.05) is 0 Å².